The minimum Gasteiger partial charge on any atom is -0.407 e. The van der Waals surface area contributed by atoms with Crippen LogP contribution in [0.15, 0.2) is 4.42 Å². The van der Waals surface area contributed by atoms with E-state index in [1.807, 2.05) is 0 Å². The first-order chi connectivity index (χ1) is 9.54. The quantitative estimate of drug-likeness (QED) is 0.668. The fourth-order valence-corrected chi connectivity index (χ4v) is 2.01. The molecule has 0 bridgehead atoms. The molecule has 0 aliphatic carbocycles. The average Bonchev–Trinajstić information content (AvgIpc) is 2.82. The van der Waals surface area contributed by atoms with Crippen molar-refractivity contribution in [2.24, 2.45) is 5.92 Å². The minimum absolute atomic E-state index is 0.378. The zero-order chi connectivity index (χ0) is 15.0. The molecule has 5 heteroatoms. The summed E-state index contributed by atoms with van der Waals surface area (Å²) in [6, 6.07) is 1.03. The molecule has 1 aromatic heterocycles. The Bertz CT molecular complexity index is 363. The first-order valence-corrected chi connectivity index (χ1v) is 7.84. The van der Waals surface area contributed by atoms with Gasteiger partial charge in [-0.05, 0) is 32.7 Å². The summed E-state index contributed by atoms with van der Waals surface area (Å²) in [5, 5.41) is 11.6. The van der Waals surface area contributed by atoms with Gasteiger partial charge in [-0.3, -0.25) is 0 Å². The highest BCUT2D eigenvalue weighted by molar-refractivity contribution is 5.25. The lowest BCUT2D eigenvalue weighted by molar-refractivity contribution is 0.438. The molecule has 0 radical (unpaired) electrons. The zero-order valence-corrected chi connectivity index (χ0v) is 13.6. The van der Waals surface area contributed by atoms with E-state index in [9.17, 15) is 0 Å². The third kappa shape index (κ3) is 5.90. The van der Waals surface area contributed by atoms with Crippen LogP contribution in [0.4, 0.5) is 6.01 Å². The molecule has 0 aliphatic heterocycles. The first-order valence-electron chi connectivity index (χ1n) is 7.84. The molecule has 20 heavy (non-hydrogen) atoms. The van der Waals surface area contributed by atoms with Crippen LogP contribution >= 0.6 is 0 Å². The SMILES string of the molecule is CCCCCN(c1nnc(CNCC(C)C)o1)C(C)C. The van der Waals surface area contributed by atoms with Gasteiger partial charge in [0.25, 0.3) is 0 Å². The summed E-state index contributed by atoms with van der Waals surface area (Å²) >= 11 is 0. The highest BCUT2D eigenvalue weighted by atomic mass is 16.4. The summed E-state index contributed by atoms with van der Waals surface area (Å²) in [5.41, 5.74) is 0. The molecule has 5 nitrogen and oxygen atoms in total. The van der Waals surface area contributed by atoms with Crippen molar-refractivity contribution >= 4 is 6.01 Å². The molecule has 0 amide bonds. The molecular formula is C15H30N4O. The van der Waals surface area contributed by atoms with Gasteiger partial charge in [-0.2, -0.15) is 0 Å². The zero-order valence-electron chi connectivity index (χ0n) is 13.6. The predicted octanol–water partition coefficient (Wildman–Crippen LogP) is 3.22. The third-order valence-corrected chi connectivity index (χ3v) is 3.16. The van der Waals surface area contributed by atoms with Crippen molar-refractivity contribution in [2.45, 2.75) is 66.5 Å². The standard InChI is InChI=1S/C15H30N4O/c1-6-7-8-9-19(13(4)5)15-18-17-14(20-15)11-16-10-12(2)3/h12-13,16H,6-11H2,1-5H3. The van der Waals surface area contributed by atoms with E-state index in [0.29, 0.717) is 30.4 Å². The van der Waals surface area contributed by atoms with E-state index < -0.39 is 0 Å². The van der Waals surface area contributed by atoms with Crippen LogP contribution in [0.2, 0.25) is 0 Å². The second-order valence-corrected chi connectivity index (χ2v) is 6.00. The first kappa shape index (κ1) is 17.0. The van der Waals surface area contributed by atoms with Crippen LogP contribution in [0.3, 0.4) is 0 Å². The lowest BCUT2D eigenvalue weighted by atomic mass is 10.2. The Hall–Kier alpha value is -1.10. The topological polar surface area (TPSA) is 54.2 Å². The van der Waals surface area contributed by atoms with Crippen molar-refractivity contribution in [3.05, 3.63) is 5.89 Å². The van der Waals surface area contributed by atoms with E-state index in [4.69, 9.17) is 4.42 Å². The van der Waals surface area contributed by atoms with E-state index in [2.05, 4.69) is 55.0 Å². The van der Waals surface area contributed by atoms with Gasteiger partial charge in [0.2, 0.25) is 5.89 Å². The largest absolute Gasteiger partial charge is 0.407 e. The number of rotatable bonds is 10. The van der Waals surface area contributed by atoms with Gasteiger partial charge in [-0.25, -0.2) is 0 Å². The van der Waals surface area contributed by atoms with Gasteiger partial charge in [0.05, 0.1) is 6.54 Å². The second kappa shape index (κ2) is 8.95. The molecule has 116 valence electrons. The van der Waals surface area contributed by atoms with Crippen molar-refractivity contribution in [1.82, 2.24) is 15.5 Å². The Morgan fingerprint density at radius 1 is 1.15 bits per heavy atom. The highest BCUT2D eigenvalue weighted by Gasteiger charge is 2.16. The molecule has 0 fully saturated rings. The molecule has 0 unspecified atom stereocenters. The minimum atomic E-state index is 0.378. The summed E-state index contributed by atoms with van der Waals surface area (Å²) in [4.78, 5) is 2.19. The third-order valence-electron chi connectivity index (χ3n) is 3.16. The molecule has 0 spiro atoms. The summed E-state index contributed by atoms with van der Waals surface area (Å²) in [6.45, 7) is 13.5. The molecule has 0 saturated carbocycles. The summed E-state index contributed by atoms with van der Waals surface area (Å²) in [5.74, 6) is 1.29. The maximum atomic E-state index is 5.76. The summed E-state index contributed by atoms with van der Waals surface area (Å²) in [7, 11) is 0. The number of unbranched alkanes of at least 4 members (excludes halogenated alkanes) is 2. The van der Waals surface area contributed by atoms with Gasteiger partial charge in [0, 0.05) is 12.6 Å². The van der Waals surface area contributed by atoms with E-state index in [-0.39, 0.29) is 0 Å². The molecule has 1 N–H and O–H groups in total. The normalized spacial score (nSPS) is 11.6. The van der Waals surface area contributed by atoms with Crippen LogP contribution < -0.4 is 10.2 Å². The van der Waals surface area contributed by atoms with Crippen molar-refractivity contribution in [2.75, 3.05) is 18.0 Å². The van der Waals surface area contributed by atoms with Crippen LogP contribution in [-0.4, -0.2) is 29.3 Å². The monoisotopic (exact) mass is 282 g/mol. The van der Waals surface area contributed by atoms with E-state index in [1.54, 1.807) is 0 Å². The number of hydrogen-bond acceptors (Lipinski definition) is 5. The molecule has 0 saturated heterocycles. The molecule has 0 atom stereocenters. The fraction of sp³-hybridized carbons (Fsp3) is 0.867. The number of nitrogens with one attached hydrogen (secondary N) is 1. The second-order valence-electron chi connectivity index (χ2n) is 6.00. The van der Waals surface area contributed by atoms with Gasteiger partial charge < -0.3 is 14.6 Å². The van der Waals surface area contributed by atoms with Crippen LogP contribution in [-0.2, 0) is 6.54 Å². The van der Waals surface area contributed by atoms with Crippen molar-refractivity contribution in [1.29, 1.82) is 0 Å². The predicted molar refractivity (Wildman–Crippen MR) is 82.8 cm³/mol. The van der Waals surface area contributed by atoms with Gasteiger partial charge in [0.1, 0.15) is 0 Å². The van der Waals surface area contributed by atoms with Crippen LogP contribution in [0.5, 0.6) is 0 Å². The average molecular weight is 282 g/mol. The Balaban J connectivity index is 2.52. The van der Waals surface area contributed by atoms with Crippen molar-refractivity contribution in [3.63, 3.8) is 0 Å². The fourth-order valence-electron chi connectivity index (χ4n) is 2.01. The van der Waals surface area contributed by atoms with E-state index in [0.717, 1.165) is 19.5 Å². The maximum absolute atomic E-state index is 5.76. The summed E-state index contributed by atoms with van der Waals surface area (Å²) in [6.07, 6.45) is 3.62. The molecule has 1 heterocycles. The Labute approximate surface area is 123 Å². The Morgan fingerprint density at radius 2 is 1.90 bits per heavy atom. The van der Waals surface area contributed by atoms with Crippen LogP contribution in [0, 0.1) is 5.92 Å². The van der Waals surface area contributed by atoms with E-state index >= 15 is 0 Å². The lowest BCUT2D eigenvalue weighted by Gasteiger charge is -2.24. The molecular weight excluding hydrogens is 252 g/mol. The maximum Gasteiger partial charge on any atom is 0.318 e. The van der Waals surface area contributed by atoms with Crippen molar-refractivity contribution in [3.8, 4) is 0 Å². The number of nitrogens with zero attached hydrogens (tertiary/aromatic N) is 3. The molecule has 1 rings (SSSR count). The van der Waals surface area contributed by atoms with Gasteiger partial charge in [0.15, 0.2) is 0 Å². The van der Waals surface area contributed by atoms with E-state index in [1.165, 1.54) is 12.8 Å². The van der Waals surface area contributed by atoms with Gasteiger partial charge in [-0.15, -0.1) is 5.10 Å². The highest BCUT2D eigenvalue weighted by Crippen LogP contribution is 2.16. The van der Waals surface area contributed by atoms with Crippen LogP contribution in [0.1, 0.15) is 59.8 Å². The lowest BCUT2D eigenvalue weighted by Crippen LogP contribution is -2.32. The van der Waals surface area contributed by atoms with Gasteiger partial charge >= 0.3 is 6.01 Å². The smallest absolute Gasteiger partial charge is 0.318 e. The molecule has 1 aromatic rings. The molecule has 0 aliphatic rings. The number of aromatic nitrogens is 2. The Kier molecular flexibility index (Phi) is 7.59. The van der Waals surface area contributed by atoms with Crippen LogP contribution in [0.25, 0.3) is 0 Å². The Morgan fingerprint density at radius 3 is 2.50 bits per heavy atom. The molecule has 0 aromatic carbocycles. The number of hydrogen-bond donors (Lipinski definition) is 1. The summed E-state index contributed by atoms with van der Waals surface area (Å²) < 4.78 is 5.76. The van der Waals surface area contributed by atoms with Crippen molar-refractivity contribution < 1.29 is 4.42 Å². The van der Waals surface area contributed by atoms with Gasteiger partial charge in [-0.1, -0.05) is 38.7 Å². The number of anilines is 1.